The number of Topliss-reactive ketones (excluding diaryl/α,β-unsaturated/α-hetero) is 1. The summed E-state index contributed by atoms with van der Waals surface area (Å²) in [5, 5.41) is 0. The van der Waals surface area contributed by atoms with Gasteiger partial charge in [-0.1, -0.05) is 25.5 Å². The lowest BCUT2D eigenvalue weighted by Gasteiger charge is -2.30. The molecule has 0 saturated heterocycles. The minimum atomic E-state index is 0.269. The van der Waals surface area contributed by atoms with Gasteiger partial charge >= 0.3 is 0 Å². The van der Waals surface area contributed by atoms with Crippen molar-refractivity contribution in [2.24, 2.45) is 17.8 Å². The van der Waals surface area contributed by atoms with Crippen LogP contribution < -0.4 is 0 Å². The van der Waals surface area contributed by atoms with E-state index >= 15 is 0 Å². The molecule has 0 spiro atoms. The Morgan fingerprint density at radius 2 is 2.08 bits per heavy atom. The van der Waals surface area contributed by atoms with Crippen LogP contribution in [0.5, 0.6) is 0 Å². The monoisotopic (exact) mass is 166 g/mol. The molecule has 0 saturated carbocycles. The van der Waals surface area contributed by atoms with Crippen LogP contribution in [0.1, 0.15) is 34.1 Å². The van der Waals surface area contributed by atoms with Gasteiger partial charge in [-0.2, -0.15) is 0 Å². The Labute approximate surface area is 74.9 Å². The van der Waals surface area contributed by atoms with Crippen molar-refractivity contribution in [3.8, 4) is 0 Å². The molecule has 0 aromatic carbocycles. The van der Waals surface area contributed by atoms with E-state index in [2.05, 4.69) is 26.8 Å². The van der Waals surface area contributed by atoms with Gasteiger partial charge in [0.2, 0.25) is 0 Å². The van der Waals surface area contributed by atoms with Crippen LogP contribution in [-0.2, 0) is 4.79 Å². The molecule has 3 atom stereocenters. The molecule has 0 N–H and O–H groups in total. The molecule has 0 bridgehead atoms. The predicted molar refractivity (Wildman–Crippen MR) is 50.9 cm³/mol. The summed E-state index contributed by atoms with van der Waals surface area (Å²) in [6.45, 7) is 8.22. The quantitative estimate of drug-likeness (QED) is 0.547. The molecule has 0 unspecified atom stereocenters. The van der Waals surface area contributed by atoms with E-state index in [1.807, 2.05) is 0 Å². The molecule has 1 rings (SSSR count). The first kappa shape index (κ1) is 9.50. The molecule has 1 heteroatoms. The fourth-order valence-corrected chi connectivity index (χ4v) is 2.08. The molecule has 0 radical (unpaired) electrons. The second-order valence-corrected chi connectivity index (χ2v) is 4.15. The average Bonchev–Trinajstić information content (AvgIpc) is 1.96. The Bertz CT molecular complexity index is 215. The zero-order valence-corrected chi connectivity index (χ0v) is 8.42. The second kappa shape index (κ2) is 3.42. The summed E-state index contributed by atoms with van der Waals surface area (Å²) in [5.74, 6) is 1.70. The van der Waals surface area contributed by atoms with E-state index in [4.69, 9.17) is 0 Å². The molecule has 0 aromatic heterocycles. The molecule has 12 heavy (non-hydrogen) atoms. The predicted octanol–water partition coefficient (Wildman–Crippen LogP) is 2.81. The largest absolute Gasteiger partial charge is 0.300 e. The zero-order valence-electron chi connectivity index (χ0n) is 8.42. The number of rotatable bonds is 1. The average molecular weight is 166 g/mol. The summed E-state index contributed by atoms with van der Waals surface area (Å²) in [7, 11) is 0. The molecular weight excluding hydrogens is 148 g/mol. The van der Waals surface area contributed by atoms with Crippen LogP contribution >= 0.6 is 0 Å². The first-order valence-corrected chi connectivity index (χ1v) is 4.70. The van der Waals surface area contributed by atoms with E-state index in [-0.39, 0.29) is 5.92 Å². The third kappa shape index (κ3) is 1.77. The van der Waals surface area contributed by atoms with Gasteiger partial charge in [-0.3, -0.25) is 4.79 Å². The molecule has 1 nitrogen and oxygen atoms in total. The Balaban J connectivity index is 2.80. The lowest BCUT2D eigenvalue weighted by Crippen LogP contribution is -2.27. The first-order chi connectivity index (χ1) is 5.52. The summed E-state index contributed by atoms with van der Waals surface area (Å²) in [6, 6.07) is 0. The highest BCUT2D eigenvalue weighted by molar-refractivity contribution is 5.79. The van der Waals surface area contributed by atoms with Gasteiger partial charge in [-0.25, -0.2) is 0 Å². The Morgan fingerprint density at radius 1 is 1.50 bits per heavy atom. The SMILES string of the molecule is CC(=O)[C@@H]1CC(C)=C[C@@H](C)[C@H]1C. The van der Waals surface area contributed by atoms with Crippen LogP contribution in [0.4, 0.5) is 0 Å². The third-order valence-electron chi connectivity index (χ3n) is 3.08. The van der Waals surface area contributed by atoms with E-state index < -0.39 is 0 Å². The smallest absolute Gasteiger partial charge is 0.133 e. The zero-order chi connectivity index (χ0) is 9.30. The van der Waals surface area contributed by atoms with Gasteiger partial charge in [0.15, 0.2) is 0 Å². The number of carbonyl (C=O) groups is 1. The van der Waals surface area contributed by atoms with Gasteiger partial charge in [0, 0.05) is 5.92 Å². The van der Waals surface area contributed by atoms with E-state index in [1.54, 1.807) is 6.92 Å². The Morgan fingerprint density at radius 3 is 2.58 bits per heavy atom. The number of allylic oxidation sites excluding steroid dienone is 2. The summed E-state index contributed by atoms with van der Waals surface area (Å²) < 4.78 is 0. The second-order valence-electron chi connectivity index (χ2n) is 4.15. The number of ketones is 1. The highest BCUT2D eigenvalue weighted by Gasteiger charge is 2.28. The van der Waals surface area contributed by atoms with Crippen molar-refractivity contribution in [2.45, 2.75) is 34.1 Å². The van der Waals surface area contributed by atoms with Crippen molar-refractivity contribution in [1.82, 2.24) is 0 Å². The van der Waals surface area contributed by atoms with E-state index in [9.17, 15) is 4.79 Å². The molecular formula is C11H18O. The van der Waals surface area contributed by atoms with Crippen molar-refractivity contribution >= 4 is 5.78 Å². The molecule has 68 valence electrons. The van der Waals surface area contributed by atoms with E-state index in [0.717, 1.165) is 6.42 Å². The van der Waals surface area contributed by atoms with Crippen LogP contribution in [-0.4, -0.2) is 5.78 Å². The first-order valence-electron chi connectivity index (χ1n) is 4.70. The van der Waals surface area contributed by atoms with Crippen LogP contribution in [0.15, 0.2) is 11.6 Å². The maximum Gasteiger partial charge on any atom is 0.133 e. The summed E-state index contributed by atoms with van der Waals surface area (Å²) >= 11 is 0. The fourth-order valence-electron chi connectivity index (χ4n) is 2.08. The molecule has 0 amide bonds. The number of hydrogen-bond acceptors (Lipinski definition) is 1. The maximum atomic E-state index is 11.3. The molecule has 1 aliphatic rings. The number of carbonyl (C=O) groups excluding carboxylic acids is 1. The summed E-state index contributed by atoms with van der Waals surface area (Å²) in [6.07, 6.45) is 3.27. The molecule has 0 aliphatic heterocycles. The van der Waals surface area contributed by atoms with Gasteiger partial charge in [-0.05, 0) is 32.1 Å². The summed E-state index contributed by atoms with van der Waals surface area (Å²) in [4.78, 5) is 11.3. The van der Waals surface area contributed by atoms with Gasteiger partial charge in [0.1, 0.15) is 5.78 Å². The van der Waals surface area contributed by atoms with Gasteiger partial charge in [0.05, 0.1) is 0 Å². The maximum absolute atomic E-state index is 11.3. The van der Waals surface area contributed by atoms with Crippen LogP contribution in [0.3, 0.4) is 0 Å². The molecule has 0 aromatic rings. The molecule has 0 heterocycles. The van der Waals surface area contributed by atoms with E-state index in [0.29, 0.717) is 17.6 Å². The highest BCUT2D eigenvalue weighted by atomic mass is 16.1. The van der Waals surface area contributed by atoms with Crippen molar-refractivity contribution in [3.05, 3.63) is 11.6 Å². The van der Waals surface area contributed by atoms with Crippen LogP contribution in [0, 0.1) is 17.8 Å². The van der Waals surface area contributed by atoms with Crippen molar-refractivity contribution in [2.75, 3.05) is 0 Å². The van der Waals surface area contributed by atoms with Crippen molar-refractivity contribution < 1.29 is 4.79 Å². The third-order valence-corrected chi connectivity index (χ3v) is 3.08. The lowest BCUT2D eigenvalue weighted by molar-refractivity contribution is -0.122. The lowest BCUT2D eigenvalue weighted by atomic mass is 9.73. The minimum absolute atomic E-state index is 0.269. The van der Waals surface area contributed by atoms with Gasteiger partial charge in [-0.15, -0.1) is 0 Å². The van der Waals surface area contributed by atoms with Gasteiger partial charge in [0.25, 0.3) is 0 Å². The minimum Gasteiger partial charge on any atom is -0.300 e. The Hall–Kier alpha value is -0.590. The van der Waals surface area contributed by atoms with Crippen molar-refractivity contribution in [1.29, 1.82) is 0 Å². The topological polar surface area (TPSA) is 17.1 Å². The molecule has 0 fully saturated rings. The molecule has 1 aliphatic carbocycles. The van der Waals surface area contributed by atoms with Crippen LogP contribution in [0.2, 0.25) is 0 Å². The summed E-state index contributed by atoms with van der Waals surface area (Å²) in [5.41, 5.74) is 1.38. The van der Waals surface area contributed by atoms with Crippen LogP contribution in [0.25, 0.3) is 0 Å². The normalized spacial score (nSPS) is 36.0. The highest BCUT2D eigenvalue weighted by Crippen LogP contribution is 2.33. The Kier molecular flexibility index (Phi) is 2.71. The fraction of sp³-hybridized carbons (Fsp3) is 0.727. The van der Waals surface area contributed by atoms with Crippen molar-refractivity contribution in [3.63, 3.8) is 0 Å². The van der Waals surface area contributed by atoms with Gasteiger partial charge < -0.3 is 0 Å². The number of hydrogen-bond donors (Lipinski definition) is 0. The standard InChI is InChI=1S/C11H18O/c1-7-5-8(2)9(3)11(6-7)10(4)12/h5,8-9,11H,6H2,1-4H3/t8-,9-,11-/m1/s1. The van der Waals surface area contributed by atoms with E-state index in [1.165, 1.54) is 5.57 Å².